The highest BCUT2D eigenvalue weighted by atomic mass is 16.3. The van der Waals surface area contributed by atoms with Gasteiger partial charge in [0.05, 0.1) is 6.10 Å². The monoisotopic (exact) mass is 356 g/mol. The second-order valence-corrected chi connectivity index (χ2v) is 9.48. The highest BCUT2D eigenvalue weighted by Crippen LogP contribution is 2.66. The van der Waals surface area contributed by atoms with Crippen LogP contribution in [0.2, 0.25) is 0 Å². The lowest BCUT2D eigenvalue weighted by Gasteiger charge is -2.60. The minimum absolute atomic E-state index is 0.0374. The summed E-state index contributed by atoms with van der Waals surface area (Å²) in [7, 11) is 0. The second-order valence-electron chi connectivity index (χ2n) is 9.48. The number of aliphatic hydroxyl groups is 1. The molecule has 0 bridgehead atoms. The molecule has 4 heteroatoms. The Balaban J connectivity index is 1.76. The highest BCUT2D eigenvalue weighted by molar-refractivity contribution is 6.26. The van der Waals surface area contributed by atoms with E-state index in [4.69, 9.17) is 0 Å². The van der Waals surface area contributed by atoms with Crippen molar-refractivity contribution < 1.29 is 19.5 Å². The summed E-state index contributed by atoms with van der Waals surface area (Å²) in [5.74, 6) is 0.474. The van der Waals surface area contributed by atoms with Crippen molar-refractivity contribution in [2.24, 2.45) is 40.4 Å². The van der Waals surface area contributed by atoms with Gasteiger partial charge in [-0.2, -0.15) is 0 Å². The predicted octanol–water partition coefficient (Wildman–Crippen LogP) is 2.90. The van der Waals surface area contributed by atoms with Gasteiger partial charge < -0.3 is 5.11 Å². The molecule has 0 aromatic carbocycles. The van der Waals surface area contributed by atoms with Gasteiger partial charge in [-0.15, -0.1) is 0 Å². The number of carbonyl (C=O) groups excluding carboxylic acids is 3. The molecule has 0 aromatic heterocycles. The van der Waals surface area contributed by atoms with Gasteiger partial charge in [0, 0.05) is 17.3 Å². The fourth-order valence-corrected chi connectivity index (χ4v) is 7.30. The van der Waals surface area contributed by atoms with Crippen LogP contribution in [-0.4, -0.2) is 29.1 Å². The number of ketones is 2. The molecular weight excluding hydrogens is 328 g/mol. The fourth-order valence-electron chi connectivity index (χ4n) is 7.30. The van der Waals surface area contributed by atoms with Crippen LogP contribution in [0.15, 0.2) is 23.8 Å². The van der Waals surface area contributed by atoms with E-state index in [-0.39, 0.29) is 40.2 Å². The number of fused-ring (bicyclic) bond motifs is 5. The SMILES string of the molecule is C[C@H]1C[C@@H]2[C@H]([C@@H](O)C[C@]3(C)C(C(=O)C=O)CC[C@@H]23)[C@@]2(C)C=CC(=O)C=C12. The van der Waals surface area contributed by atoms with Gasteiger partial charge >= 0.3 is 0 Å². The highest BCUT2D eigenvalue weighted by Gasteiger charge is 2.63. The van der Waals surface area contributed by atoms with Crippen molar-refractivity contribution in [3.8, 4) is 0 Å². The summed E-state index contributed by atoms with van der Waals surface area (Å²) in [6.45, 7) is 6.44. The number of hydrogen-bond donors (Lipinski definition) is 1. The van der Waals surface area contributed by atoms with Gasteiger partial charge in [-0.3, -0.25) is 14.4 Å². The number of aliphatic hydroxyl groups excluding tert-OH is 1. The molecule has 0 radical (unpaired) electrons. The third kappa shape index (κ3) is 2.20. The van der Waals surface area contributed by atoms with E-state index in [2.05, 4.69) is 20.8 Å². The maximum atomic E-state index is 12.2. The molecule has 3 fully saturated rings. The average Bonchev–Trinajstić information content (AvgIpc) is 2.92. The molecule has 140 valence electrons. The molecule has 26 heavy (non-hydrogen) atoms. The van der Waals surface area contributed by atoms with Crippen LogP contribution in [0.5, 0.6) is 0 Å². The molecule has 3 saturated carbocycles. The summed E-state index contributed by atoms with van der Waals surface area (Å²) in [5.41, 5.74) is 0.542. The van der Waals surface area contributed by atoms with Crippen molar-refractivity contribution in [2.45, 2.75) is 52.6 Å². The van der Waals surface area contributed by atoms with E-state index in [0.29, 0.717) is 24.5 Å². The predicted molar refractivity (Wildman–Crippen MR) is 97.1 cm³/mol. The summed E-state index contributed by atoms with van der Waals surface area (Å²) in [5, 5.41) is 11.2. The summed E-state index contributed by atoms with van der Waals surface area (Å²) < 4.78 is 0. The number of rotatable bonds is 2. The normalized spacial score (nSPS) is 49.7. The first-order valence-electron chi connectivity index (χ1n) is 9.84. The van der Waals surface area contributed by atoms with E-state index in [0.717, 1.165) is 24.8 Å². The van der Waals surface area contributed by atoms with Gasteiger partial charge in [-0.1, -0.05) is 32.4 Å². The molecule has 4 nitrogen and oxygen atoms in total. The van der Waals surface area contributed by atoms with Gasteiger partial charge in [-0.05, 0) is 61.0 Å². The Kier molecular flexibility index (Phi) is 3.93. The maximum absolute atomic E-state index is 12.2. The smallest absolute Gasteiger partial charge is 0.198 e. The molecule has 4 aliphatic carbocycles. The standard InChI is InChI=1S/C22H28O4/c1-12-8-14-15-4-5-16(19(26)11-23)22(15,3)10-18(25)20(14)21(2)7-6-13(24)9-17(12)21/h6-7,9,11-12,14-16,18,20,25H,4-5,8,10H2,1-3H3/t12-,14-,15-,16?,18-,20+,21-,22-/m0/s1. The molecule has 4 rings (SSSR count). The van der Waals surface area contributed by atoms with Crippen LogP contribution in [-0.2, 0) is 14.4 Å². The number of carbonyl (C=O) groups is 3. The van der Waals surface area contributed by atoms with E-state index in [1.165, 1.54) is 0 Å². The number of hydrogen-bond acceptors (Lipinski definition) is 4. The Morgan fingerprint density at radius 3 is 2.73 bits per heavy atom. The lowest BCUT2D eigenvalue weighted by Crippen LogP contribution is -2.57. The molecule has 4 aliphatic rings. The third-order valence-corrected chi connectivity index (χ3v) is 8.27. The zero-order valence-corrected chi connectivity index (χ0v) is 15.8. The first-order valence-corrected chi connectivity index (χ1v) is 9.84. The molecule has 0 amide bonds. The van der Waals surface area contributed by atoms with Gasteiger partial charge in [-0.25, -0.2) is 0 Å². The zero-order valence-electron chi connectivity index (χ0n) is 15.8. The second kappa shape index (κ2) is 5.72. The summed E-state index contributed by atoms with van der Waals surface area (Å²) in [6, 6.07) is 0. The van der Waals surface area contributed by atoms with Gasteiger partial charge in [0.1, 0.15) is 0 Å². The quantitative estimate of drug-likeness (QED) is 0.610. The molecule has 1 unspecified atom stereocenters. The van der Waals surface area contributed by atoms with Gasteiger partial charge in [0.15, 0.2) is 17.9 Å². The fraction of sp³-hybridized carbons (Fsp3) is 0.682. The zero-order chi connectivity index (χ0) is 18.9. The largest absolute Gasteiger partial charge is 0.393 e. The molecule has 0 saturated heterocycles. The van der Waals surface area contributed by atoms with E-state index < -0.39 is 6.10 Å². The summed E-state index contributed by atoms with van der Waals surface area (Å²) in [4.78, 5) is 35.3. The Bertz CT molecular complexity index is 734. The van der Waals surface area contributed by atoms with E-state index in [9.17, 15) is 19.5 Å². The van der Waals surface area contributed by atoms with Crippen molar-refractivity contribution in [3.05, 3.63) is 23.8 Å². The maximum Gasteiger partial charge on any atom is 0.198 e. The van der Waals surface area contributed by atoms with Crippen LogP contribution in [0, 0.1) is 40.4 Å². The molecule has 8 atom stereocenters. The first kappa shape index (κ1) is 17.8. The Hall–Kier alpha value is -1.55. The van der Waals surface area contributed by atoms with Gasteiger partial charge in [0.25, 0.3) is 0 Å². The number of aldehydes is 1. The Morgan fingerprint density at radius 2 is 2.04 bits per heavy atom. The minimum atomic E-state index is -0.528. The van der Waals surface area contributed by atoms with Crippen molar-refractivity contribution in [1.29, 1.82) is 0 Å². The topological polar surface area (TPSA) is 71.4 Å². The van der Waals surface area contributed by atoms with Crippen LogP contribution >= 0.6 is 0 Å². The lowest BCUT2D eigenvalue weighted by molar-refractivity contribution is -0.145. The molecule has 1 N–H and O–H groups in total. The van der Waals surface area contributed by atoms with Crippen LogP contribution in [0.3, 0.4) is 0 Å². The minimum Gasteiger partial charge on any atom is -0.393 e. The van der Waals surface area contributed by atoms with E-state index >= 15 is 0 Å². The Morgan fingerprint density at radius 1 is 1.31 bits per heavy atom. The van der Waals surface area contributed by atoms with Crippen LogP contribution in [0.25, 0.3) is 0 Å². The summed E-state index contributed by atoms with van der Waals surface area (Å²) in [6.07, 6.45) is 8.55. The first-order chi connectivity index (χ1) is 12.2. The average molecular weight is 356 g/mol. The van der Waals surface area contributed by atoms with E-state index in [1.54, 1.807) is 12.2 Å². The van der Waals surface area contributed by atoms with Crippen molar-refractivity contribution >= 4 is 17.9 Å². The third-order valence-electron chi connectivity index (χ3n) is 8.27. The number of Topliss-reactive ketones (excluding diaryl/α,β-unsaturated/α-hetero) is 1. The molecular formula is C22H28O4. The van der Waals surface area contributed by atoms with Crippen LogP contribution < -0.4 is 0 Å². The van der Waals surface area contributed by atoms with Crippen LogP contribution in [0.1, 0.15) is 46.5 Å². The van der Waals surface area contributed by atoms with E-state index in [1.807, 2.05) is 6.08 Å². The van der Waals surface area contributed by atoms with Crippen LogP contribution in [0.4, 0.5) is 0 Å². The molecule has 0 spiro atoms. The Labute approximate surface area is 154 Å². The van der Waals surface area contributed by atoms with Gasteiger partial charge in [0.2, 0.25) is 0 Å². The number of allylic oxidation sites excluding steroid dienone is 4. The van der Waals surface area contributed by atoms with Crippen molar-refractivity contribution in [3.63, 3.8) is 0 Å². The summed E-state index contributed by atoms with van der Waals surface area (Å²) >= 11 is 0. The van der Waals surface area contributed by atoms with Crippen molar-refractivity contribution in [1.82, 2.24) is 0 Å². The molecule has 0 heterocycles. The molecule has 0 aromatic rings. The lowest BCUT2D eigenvalue weighted by atomic mass is 9.45. The molecule has 0 aliphatic heterocycles. The van der Waals surface area contributed by atoms with Crippen molar-refractivity contribution in [2.75, 3.05) is 0 Å².